The van der Waals surface area contributed by atoms with Crippen molar-refractivity contribution in [2.45, 2.75) is 161 Å². The number of nitrogens with zero attached hydrogens (tertiary/aromatic N) is 2. The fourth-order valence-corrected chi connectivity index (χ4v) is 17.3. The summed E-state index contributed by atoms with van der Waals surface area (Å²) in [6.07, 6.45) is 7.12. The lowest BCUT2D eigenvalue weighted by Crippen LogP contribution is -2.60. The standard InChI is InChI=1S/C69H71BN2S2/c1-40-33-48-51(68(10,11)31-29-65(48,4)5)37-54(40)71-55-39-58-59(44-21-17-18-22-56(44)73-58)60-45-34-42(41-19-15-14-16-20-41)23-26-53(45)72(43-24-25-47-49(35-43)66(6,7)28-27-64(47,2)3)70(61(55)60)63-62(71)46-36-50-52(38-57(46)74-63)69(12,13)32-30-67(50,8)9/h14-26,33-39H,27-32H2,1-13H3. The molecule has 0 unspecified atom stereocenters. The van der Waals surface area contributed by atoms with Crippen LogP contribution in [0.5, 0.6) is 0 Å². The van der Waals surface area contributed by atoms with Crippen molar-refractivity contribution in [2.24, 2.45) is 0 Å². The van der Waals surface area contributed by atoms with E-state index in [0.29, 0.717) is 0 Å². The van der Waals surface area contributed by atoms with Gasteiger partial charge in [-0.3, -0.25) is 0 Å². The van der Waals surface area contributed by atoms with Crippen LogP contribution in [0.25, 0.3) is 52.5 Å². The maximum Gasteiger partial charge on any atom is 0.343 e. The maximum absolute atomic E-state index is 2.82. The van der Waals surface area contributed by atoms with Gasteiger partial charge in [-0.05, 0) is 194 Å². The van der Waals surface area contributed by atoms with Crippen molar-refractivity contribution in [1.29, 1.82) is 0 Å². The van der Waals surface area contributed by atoms with Gasteiger partial charge in [-0.1, -0.05) is 150 Å². The van der Waals surface area contributed by atoms with Crippen molar-refractivity contribution >= 4 is 98.5 Å². The zero-order chi connectivity index (χ0) is 51.4. The Morgan fingerprint density at radius 2 is 1.01 bits per heavy atom. The van der Waals surface area contributed by atoms with Crippen LogP contribution < -0.4 is 20.0 Å². The van der Waals surface area contributed by atoms with Gasteiger partial charge in [-0.15, -0.1) is 22.7 Å². The van der Waals surface area contributed by atoms with Gasteiger partial charge in [0.2, 0.25) is 0 Å². The molecule has 7 aromatic carbocycles. The van der Waals surface area contributed by atoms with E-state index in [0.717, 1.165) is 0 Å². The van der Waals surface area contributed by atoms with Crippen LogP contribution >= 0.6 is 22.7 Å². The van der Waals surface area contributed by atoms with Crippen LogP contribution in [0, 0.1) is 6.92 Å². The number of aryl methyl sites for hydroxylation is 1. The smallest absolute Gasteiger partial charge is 0.343 e. The first kappa shape index (κ1) is 46.9. The second-order valence-electron chi connectivity index (χ2n) is 27.3. The van der Waals surface area contributed by atoms with E-state index in [1.807, 2.05) is 11.3 Å². The van der Waals surface area contributed by atoms with Gasteiger partial charge in [0.25, 0.3) is 0 Å². The fraction of sp³-hybridized carbons (Fsp3) is 0.362. The van der Waals surface area contributed by atoms with Gasteiger partial charge in [-0.2, -0.15) is 0 Å². The van der Waals surface area contributed by atoms with E-state index in [4.69, 9.17) is 0 Å². The summed E-state index contributed by atoms with van der Waals surface area (Å²) in [6, 6.07) is 48.7. The van der Waals surface area contributed by atoms with Gasteiger partial charge >= 0.3 is 6.85 Å². The Morgan fingerprint density at radius 3 is 1.69 bits per heavy atom. The van der Waals surface area contributed by atoms with Gasteiger partial charge < -0.3 is 9.71 Å². The van der Waals surface area contributed by atoms with Crippen LogP contribution in [0.2, 0.25) is 0 Å². The number of benzene rings is 7. The van der Waals surface area contributed by atoms with Crippen molar-refractivity contribution in [3.63, 3.8) is 0 Å². The van der Waals surface area contributed by atoms with E-state index in [1.165, 1.54) is 169 Å². The molecule has 0 spiro atoms. The lowest BCUT2D eigenvalue weighted by atomic mass is 9.46. The molecule has 0 amide bonds. The number of rotatable bonds is 3. The molecule has 0 atom stereocenters. The highest BCUT2D eigenvalue weighted by Crippen LogP contribution is 2.58. The van der Waals surface area contributed by atoms with Gasteiger partial charge in [0, 0.05) is 63.3 Å². The molecular formula is C69H71BN2S2. The third kappa shape index (κ3) is 6.54. The number of thiophene rings is 2. The first-order chi connectivity index (χ1) is 35.0. The summed E-state index contributed by atoms with van der Waals surface area (Å²) in [5.74, 6) is 0. The average molecular weight is 1000 g/mol. The summed E-state index contributed by atoms with van der Waals surface area (Å²) in [5.41, 5.74) is 24.2. The van der Waals surface area contributed by atoms with Gasteiger partial charge in [0.15, 0.2) is 0 Å². The minimum absolute atomic E-state index is 0.0487. The topological polar surface area (TPSA) is 6.48 Å². The second kappa shape index (κ2) is 15.3. The summed E-state index contributed by atoms with van der Waals surface area (Å²) in [4.78, 5) is 5.63. The number of hydrogen-bond donors (Lipinski definition) is 0. The van der Waals surface area contributed by atoms with Crippen LogP contribution in [0.3, 0.4) is 0 Å². The van der Waals surface area contributed by atoms with E-state index in [-0.39, 0.29) is 39.3 Å². The zero-order valence-corrected chi connectivity index (χ0v) is 47.7. The quantitative estimate of drug-likeness (QED) is 0.163. The molecule has 0 radical (unpaired) electrons. The average Bonchev–Trinajstić information content (AvgIpc) is 3.95. The third-order valence-corrected chi connectivity index (χ3v) is 22.1. The molecule has 14 rings (SSSR count). The lowest BCUT2D eigenvalue weighted by Gasteiger charge is -2.47. The molecule has 9 aromatic rings. The monoisotopic (exact) mass is 1000 g/mol. The van der Waals surface area contributed by atoms with Gasteiger partial charge in [0.05, 0.1) is 5.69 Å². The Labute approximate surface area is 449 Å². The Morgan fingerprint density at radius 1 is 0.432 bits per heavy atom. The minimum Gasteiger partial charge on any atom is -0.376 e. The van der Waals surface area contributed by atoms with Crippen LogP contribution in [0.15, 0.2) is 121 Å². The molecule has 0 saturated carbocycles. The Bertz CT molecular complexity index is 3890. The number of anilines is 5. The second-order valence-corrected chi connectivity index (χ2v) is 29.5. The Balaban J connectivity index is 1.17. The van der Waals surface area contributed by atoms with E-state index in [9.17, 15) is 0 Å². The van der Waals surface area contributed by atoms with Crippen molar-refractivity contribution in [3.8, 4) is 22.3 Å². The van der Waals surface area contributed by atoms with Crippen LogP contribution in [-0.4, -0.2) is 6.85 Å². The molecule has 372 valence electrons. The molecule has 3 aliphatic carbocycles. The van der Waals surface area contributed by atoms with E-state index in [2.05, 4.69) is 232 Å². The molecule has 2 aromatic heterocycles. The van der Waals surface area contributed by atoms with Crippen molar-refractivity contribution in [3.05, 3.63) is 160 Å². The Hall–Kier alpha value is -5.62. The number of fused-ring (bicyclic) bond motifs is 13. The summed E-state index contributed by atoms with van der Waals surface area (Å²) in [5, 5.41) is 4.14. The molecule has 5 aliphatic rings. The predicted molar refractivity (Wildman–Crippen MR) is 324 cm³/mol. The van der Waals surface area contributed by atoms with E-state index >= 15 is 0 Å². The minimum atomic E-state index is -0.0779. The largest absolute Gasteiger partial charge is 0.376 e. The summed E-state index contributed by atoms with van der Waals surface area (Å²) < 4.78 is 5.54. The van der Waals surface area contributed by atoms with Crippen LogP contribution in [0.1, 0.15) is 161 Å². The highest BCUT2D eigenvalue weighted by atomic mass is 32.1. The molecule has 74 heavy (non-hydrogen) atoms. The van der Waals surface area contributed by atoms with Crippen molar-refractivity contribution in [1.82, 2.24) is 0 Å². The van der Waals surface area contributed by atoms with Gasteiger partial charge in [-0.25, -0.2) is 0 Å². The lowest BCUT2D eigenvalue weighted by molar-refractivity contribution is 0.332. The highest BCUT2D eigenvalue weighted by molar-refractivity contribution is 7.32. The molecule has 0 fully saturated rings. The summed E-state index contributed by atoms with van der Waals surface area (Å²) in [7, 11) is 0. The van der Waals surface area contributed by atoms with Crippen LogP contribution in [0.4, 0.5) is 28.4 Å². The molecule has 0 saturated heterocycles. The molecule has 0 N–H and O–H groups in total. The maximum atomic E-state index is 2.82. The molecule has 5 heteroatoms. The SMILES string of the molecule is Cc1cc2c(cc1N1c3cc4sc5ccccc5c4c4c3B(c3sc5cc6c(cc5c31)C(C)(C)CCC6(C)C)N(c1ccc3c(c1)C(C)(C)CCC3(C)C)c1ccc(-c3ccccc3)cc1-4)C(C)(C)CCC2(C)C. The normalized spacial score (nSPS) is 19.9. The third-order valence-electron chi connectivity index (χ3n) is 19.7. The predicted octanol–water partition coefficient (Wildman–Crippen LogP) is 19.0. The Kier molecular flexibility index (Phi) is 9.68. The first-order valence-corrected chi connectivity index (χ1v) is 29.4. The summed E-state index contributed by atoms with van der Waals surface area (Å²) in [6.45, 7) is 32.2. The first-order valence-electron chi connectivity index (χ1n) is 27.7. The fourth-order valence-electron chi connectivity index (χ4n) is 14.8. The highest BCUT2D eigenvalue weighted by Gasteiger charge is 2.50. The van der Waals surface area contributed by atoms with Crippen LogP contribution in [-0.2, 0) is 32.5 Å². The molecule has 2 nitrogen and oxygen atoms in total. The zero-order valence-electron chi connectivity index (χ0n) is 46.1. The molecule has 4 heterocycles. The van der Waals surface area contributed by atoms with Crippen molar-refractivity contribution < 1.29 is 0 Å². The van der Waals surface area contributed by atoms with Crippen molar-refractivity contribution in [2.75, 3.05) is 9.71 Å². The van der Waals surface area contributed by atoms with E-state index < -0.39 is 0 Å². The number of hydrogen-bond acceptors (Lipinski definition) is 4. The van der Waals surface area contributed by atoms with Gasteiger partial charge in [0.1, 0.15) is 0 Å². The van der Waals surface area contributed by atoms with E-state index in [1.54, 1.807) is 0 Å². The molecule has 2 aliphatic heterocycles. The molecule has 0 bridgehead atoms. The summed E-state index contributed by atoms with van der Waals surface area (Å²) >= 11 is 4.04. The molecular weight excluding hydrogens is 932 g/mol.